The van der Waals surface area contributed by atoms with Crippen molar-refractivity contribution in [3.8, 4) is 0 Å². The van der Waals surface area contributed by atoms with Crippen LogP contribution in [0.3, 0.4) is 0 Å². The van der Waals surface area contributed by atoms with Gasteiger partial charge >= 0.3 is 15.3 Å². The minimum atomic E-state index is -4.77. The van der Waals surface area contributed by atoms with Gasteiger partial charge in [0.2, 0.25) is 6.23 Å². The van der Waals surface area contributed by atoms with Crippen molar-refractivity contribution >= 4 is 58.4 Å². The molecule has 1 unspecified atom stereocenters. The van der Waals surface area contributed by atoms with E-state index in [4.69, 9.17) is 0 Å². The lowest BCUT2D eigenvalue weighted by atomic mass is 10.2. The molecule has 1 aliphatic heterocycles. The van der Waals surface area contributed by atoms with E-state index in [9.17, 15) is 26.7 Å². The first-order valence-electron chi connectivity index (χ1n) is 10.5. The number of aliphatic hydroxyl groups excluding tert-OH is 1. The summed E-state index contributed by atoms with van der Waals surface area (Å²) in [5.41, 5.74) is 1.73. The van der Waals surface area contributed by atoms with Gasteiger partial charge in [0.1, 0.15) is 0 Å². The number of hydrogen-bond acceptors (Lipinski definition) is 7. The highest BCUT2D eigenvalue weighted by atomic mass is 79.9. The van der Waals surface area contributed by atoms with Crippen LogP contribution in [0.4, 0.5) is 16.2 Å². The SMILES string of the molecule is Cc1ccc(N2C(O)C(=NNS(=O)(=O)c3ccc(C)cc3)N(c3ccc(Br)cc3)C(=O)S2(=O)=O)cc1. The Kier molecular flexibility index (Phi) is 6.92. The number of rotatable bonds is 5. The Morgan fingerprint density at radius 1 is 0.889 bits per heavy atom. The van der Waals surface area contributed by atoms with Crippen LogP contribution in [-0.4, -0.2) is 39.2 Å². The largest absolute Gasteiger partial charge is 0.369 e. The van der Waals surface area contributed by atoms with Gasteiger partial charge < -0.3 is 5.11 Å². The molecule has 0 spiro atoms. The second-order valence-corrected chi connectivity index (χ2v) is 12.2. The smallest absolute Gasteiger partial charge is 0.366 e. The molecule has 0 aromatic heterocycles. The third kappa shape index (κ3) is 4.87. The van der Waals surface area contributed by atoms with Gasteiger partial charge in [-0.2, -0.15) is 21.7 Å². The Bertz CT molecular complexity index is 1540. The van der Waals surface area contributed by atoms with Crippen molar-refractivity contribution in [3.63, 3.8) is 0 Å². The number of sulfonamides is 2. The van der Waals surface area contributed by atoms with E-state index in [1.54, 1.807) is 50.2 Å². The van der Waals surface area contributed by atoms with Crippen LogP contribution in [0.25, 0.3) is 0 Å². The molecule has 1 amide bonds. The summed E-state index contributed by atoms with van der Waals surface area (Å²) < 4.78 is 53.3. The third-order valence-electron chi connectivity index (χ3n) is 5.33. The topological polar surface area (TPSA) is 136 Å². The number of carbonyl (C=O) groups excluding carboxylic acids is 1. The molecule has 3 aromatic rings. The second-order valence-electron chi connectivity index (χ2n) is 7.97. The summed E-state index contributed by atoms with van der Waals surface area (Å²) in [5.74, 6) is -0.548. The Hall–Kier alpha value is -3.26. The van der Waals surface area contributed by atoms with Crippen LogP contribution in [-0.2, 0) is 20.0 Å². The Morgan fingerprint density at radius 2 is 1.39 bits per heavy atom. The highest BCUT2D eigenvalue weighted by Crippen LogP contribution is 2.32. The lowest BCUT2D eigenvalue weighted by molar-refractivity contribution is 0.239. The molecule has 0 saturated carbocycles. The molecular formula is C23H21BrN4O6S2. The van der Waals surface area contributed by atoms with Crippen molar-refractivity contribution in [1.29, 1.82) is 0 Å². The first-order valence-corrected chi connectivity index (χ1v) is 14.2. The van der Waals surface area contributed by atoms with E-state index in [0.29, 0.717) is 13.7 Å². The summed E-state index contributed by atoms with van der Waals surface area (Å²) in [5, 5.41) is 13.6. The summed E-state index contributed by atoms with van der Waals surface area (Å²) in [6.45, 7) is 3.59. The summed E-state index contributed by atoms with van der Waals surface area (Å²) in [4.78, 5) is 15.9. The number of hydrazone groups is 1. The van der Waals surface area contributed by atoms with E-state index in [-0.39, 0.29) is 16.3 Å². The molecule has 1 fully saturated rings. The number of amides is 1. The Balaban J connectivity index is 1.84. The predicted octanol–water partition coefficient (Wildman–Crippen LogP) is 3.45. The van der Waals surface area contributed by atoms with Crippen LogP contribution < -0.4 is 14.0 Å². The fourth-order valence-electron chi connectivity index (χ4n) is 3.43. The molecule has 1 aliphatic rings. The minimum Gasteiger partial charge on any atom is -0.366 e. The average molecular weight is 593 g/mol. The molecule has 0 radical (unpaired) electrons. The monoisotopic (exact) mass is 592 g/mol. The fourth-order valence-corrected chi connectivity index (χ4v) is 5.86. The number of amidine groups is 1. The molecule has 0 aliphatic carbocycles. The van der Waals surface area contributed by atoms with E-state index in [1.165, 1.54) is 36.4 Å². The number of anilines is 2. The van der Waals surface area contributed by atoms with Crippen LogP contribution in [0.1, 0.15) is 11.1 Å². The fraction of sp³-hybridized carbons (Fsp3) is 0.130. The van der Waals surface area contributed by atoms with Gasteiger partial charge in [-0.05, 0) is 62.4 Å². The molecule has 13 heteroatoms. The maximum atomic E-state index is 13.3. The Morgan fingerprint density at radius 3 is 1.94 bits per heavy atom. The van der Waals surface area contributed by atoms with E-state index in [2.05, 4.69) is 21.0 Å². The zero-order valence-electron chi connectivity index (χ0n) is 19.0. The van der Waals surface area contributed by atoms with Crippen molar-refractivity contribution in [3.05, 3.63) is 88.4 Å². The van der Waals surface area contributed by atoms with E-state index in [1.807, 2.05) is 4.83 Å². The first-order chi connectivity index (χ1) is 16.9. The standard InChI is InChI=1S/C23H21BrN4O6S2/c1-15-3-9-19(10-4-15)28-22(29)21(25-26-35(31,32)20-13-5-16(2)6-14-20)27(23(30)36(28,33)34)18-11-7-17(24)8-12-18/h3-14,22,26,29H,1-2H3. The molecule has 188 valence electrons. The van der Waals surface area contributed by atoms with Crippen LogP contribution in [0, 0.1) is 13.8 Å². The summed E-state index contributed by atoms with van der Waals surface area (Å²) in [7, 11) is -8.98. The zero-order valence-corrected chi connectivity index (χ0v) is 22.2. The number of hydrogen-bond donors (Lipinski definition) is 2. The van der Waals surface area contributed by atoms with E-state index < -0.39 is 37.3 Å². The van der Waals surface area contributed by atoms with Gasteiger partial charge in [-0.15, -0.1) is 5.10 Å². The van der Waals surface area contributed by atoms with Crippen molar-refractivity contribution in [2.75, 3.05) is 9.21 Å². The quantitative estimate of drug-likeness (QED) is 0.435. The molecule has 3 aromatic carbocycles. The van der Waals surface area contributed by atoms with Crippen LogP contribution in [0.2, 0.25) is 0 Å². The van der Waals surface area contributed by atoms with Crippen LogP contribution in [0.5, 0.6) is 0 Å². The normalized spacial score (nSPS) is 18.9. The van der Waals surface area contributed by atoms with Crippen LogP contribution >= 0.6 is 15.9 Å². The Labute approximate surface area is 217 Å². The van der Waals surface area contributed by atoms with Crippen molar-refractivity contribution in [2.24, 2.45) is 5.10 Å². The minimum absolute atomic E-state index is 0.00555. The molecule has 2 N–H and O–H groups in total. The highest BCUT2D eigenvalue weighted by molar-refractivity contribution is 9.10. The van der Waals surface area contributed by atoms with Gasteiger partial charge in [0.25, 0.3) is 10.0 Å². The molecule has 0 bridgehead atoms. The number of carbonyl (C=O) groups is 1. The third-order valence-corrected chi connectivity index (χ3v) is 8.63. The summed E-state index contributed by atoms with van der Waals surface area (Å²) >= 11 is 3.27. The molecule has 10 nitrogen and oxygen atoms in total. The number of halogens is 1. The van der Waals surface area contributed by atoms with Crippen molar-refractivity contribution in [1.82, 2.24) is 4.83 Å². The van der Waals surface area contributed by atoms with Gasteiger partial charge in [-0.3, -0.25) is 4.79 Å². The lowest BCUT2D eigenvalue weighted by Crippen LogP contribution is -2.63. The number of aryl methyl sites for hydroxylation is 2. The first kappa shape index (κ1) is 25.8. The maximum absolute atomic E-state index is 13.3. The van der Waals surface area contributed by atoms with Gasteiger partial charge in [-0.1, -0.05) is 51.3 Å². The van der Waals surface area contributed by atoms with Crippen molar-refractivity contribution < 1.29 is 26.7 Å². The number of nitrogens with zero attached hydrogens (tertiary/aromatic N) is 3. The molecule has 36 heavy (non-hydrogen) atoms. The predicted molar refractivity (Wildman–Crippen MR) is 140 cm³/mol. The van der Waals surface area contributed by atoms with Gasteiger partial charge in [0, 0.05) is 4.47 Å². The van der Waals surface area contributed by atoms with Gasteiger partial charge in [0.15, 0.2) is 5.84 Å². The van der Waals surface area contributed by atoms with Gasteiger partial charge in [-0.25, -0.2) is 9.21 Å². The van der Waals surface area contributed by atoms with Gasteiger partial charge in [0.05, 0.1) is 16.3 Å². The summed E-state index contributed by atoms with van der Waals surface area (Å²) in [6.07, 6.45) is -2.03. The molecule has 1 saturated heterocycles. The highest BCUT2D eigenvalue weighted by Gasteiger charge is 2.50. The molecule has 1 atom stereocenters. The van der Waals surface area contributed by atoms with E-state index in [0.717, 1.165) is 11.1 Å². The van der Waals surface area contributed by atoms with E-state index >= 15 is 0 Å². The number of aliphatic hydroxyl groups is 1. The summed E-state index contributed by atoms with van der Waals surface area (Å²) in [6, 6.07) is 18.0. The molecular weight excluding hydrogens is 572 g/mol. The molecule has 1 heterocycles. The maximum Gasteiger partial charge on any atom is 0.369 e. The second kappa shape index (κ2) is 9.65. The van der Waals surface area contributed by atoms with Crippen molar-refractivity contribution in [2.45, 2.75) is 25.0 Å². The zero-order chi connectivity index (χ0) is 26.3. The number of benzene rings is 3. The number of nitrogens with one attached hydrogen (secondary N) is 1. The molecule has 4 rings (SSSR count). The lowest BCUT2D eigenvalue weighted by Gasteiger charge is -2.38. The van der Waals surface area contributed by atoms with Crippen LogP contribution in [0.15, 0.2) is 87.3 Å². The average Bonchev–Trinajstić information content (AvgIpc) is 2.83.